The number of nitriles is 1. The van der Waals surface area contributed by atoms with Crippen LogP contribution in [-0.4, -0.2) is 13.7 Å². The summed E-state index contributed by atoms with van der Waals surface area (Å²) in [5, 5.41) is 17.4. The summed E-state index contributed by atoms with van der Waals surface area (Å²) >= 11 is 0. The molecule has 11 rings (SSSR count). The Kier molecular flexibility index (Phi) is 6.95. The summed E-state index contributed by atoms with van der Waals surface area (Å²) in [5.74, 6) is 0. The van der Waals surface area contributed by atoms with Gasteiger partial charge in [-0.1, -0.05) is 121 Å². The summed E-state index contributed by atoms with van der Waals surface area (Å²) in [6.45, 7) is 16.2. The van der Waals surface area contributed by atoms with Gasteiger partial charge in [0.15, 0.2) is 5.69 Å². The predicted octanol–water partition coefficient (Wildman–Crippen LogP) is 13.6. The third-order valence-corrected chi connectivity index (χ3v) is 11.3. The molecule has 0 fully saturated rings. The standard InChI is InChI=1S/C51H28N6/c1-53-33-28-29-47-41(30-33)37-18-6-9-25-45(37)56(47)50-40(20-12-22-42(50)54-2)39-19-11-14-32(31-52)49(39)57-46-26-10-5-17-36(46)38-21-13-27-48(51(38)57)55-43-23-7-3-15-34(43)35-16-4-8-24-44(35)55/h3-30H. The molecular weight excluding hydrogens is 697 g/mol. The summed E-state index contributed by atoms with van der Waals surface area (Å²) in [6, 6.07) is 60.0. The van der Waals surface area contributed by atoms with Gasteiger partial charge in [-0.25, -0.2) is 9.69 Å². The van der Waals surface area contributed by atoms with E-state index in [9.17, 15) is 5.26 Å². The zero-order valence-electron chi connectivity index (χ0n) is 30.3. The smallest absolute Gasteiger partial charge is 0.211 e. The van der Waals surface area contributed by atoms with Crippen molar-refractivity contribution in [3.8, 4) is 34.3 Å². The molecule has 6 heteroatoms. The second-order valence-corrected chi connectivity index (χ2v) is 14.2. The molecule has 8 aromatic carbocycles. The van der Waals surface area contributed by atoms with Crippen molar-refractivity contribution in [1.29, 1.82) is 5.26 Å². The maximum Gasteiger partial charge on any atom is 0.211 e. The molecule has 6 nitrogen and oxygen atoms in total. The van der Waals surface area contributed by atoms with Crippen molar-refractivity contribution in [3.05, 3.63) is 198 Å². The fourth-order valence-electron chi connectivity index (χ4n) is 9.03. The molecule has 0 saturated heterocycles. The number of hydrogen-bond acceptors (Lipinski definition) is 1. The Morgan fingerprint density at radius 2 is 0.930 bits per heavy atom. The quantitative estimate of drug-likeness (QED) is 0.167. The molecule has 3 aromatic heterocycles. The highest BCUT2D eigenvalue weighted by Gasteiger charge is 2.26. The van der Waals surface area contributed by atoms with Gasteiger partial charge in [0.05, 0.1) is 68.9 Å². The summed E-state index contributed by atoms with van der Waals surface area (Å²) in [7, 11) is 0. The van der Waals surface area contributed by atoms with Crippen LogP contribution >= 0.6 is 0 Å². The second-order valence-electron chi connectivity index (χ2n) is 14.2. The highest BCUT2D eigenvalue weighted by atomic mass is 15.1. The molecule has 0 saturated carbocycles. The highest BCUT2D eigenvalue weighted by molar-refractivity contribution is 6.16. The number of nitrogens with zero attached hydrogens (tertiary/aromatic N) is 6. The maximum atomic E-state index is 11.0. The van der Waals surface area contributed by atoms with Gasteiger partial charge < -0.3 is 13.7 Å². The summed E-state index contributed by atoms with van der Waals surface area (Å²) in [5.41, 5.74) is 11.6. The highest BCUT2D eigenvalue weighted by Crippen LogP contribution is 2.46. The first-order chi connectivity index (χ1) is 28.2. The van der Waals surface area contributed by atoms with Gasteiger partial charge in [0, 0.05) is 32.5 Å². The number of fused-ring (bicyclic) bond motifs is 9. The average Bonchev–Trinajstić information content (AvgIpc) is 3.91. The van der Waals surface area contributed by atoms with Crippen LogP contribution in [0.25, 0.3) is 103 Å². The Bertz CT molecular complexity index is 3580. The fourth-order valence-corrected chi connectivity index (χ4v) is 9.03. The van der Waals surface area contributed by atoms with E-state index in [2.05, 4.69) is 139 Å². The summed E-state index contributed by atoms with van der Waals surface area (Å²) in [4.78, 5) is 7.84. The van der Waals surface area contributed by atoms with E-state index < -0.39 is 0 Å². The van der Waals surface area contributed by atoms with Crippen molar-refractivity contribution in [3.63, 3.8) is 0 Å². The third-order valence-electron chi connectivity index (χ3n) is 11.3. The lowest BCUT2D eigenvalue weighted by atomic mass is 9.97. The van der Waals surface area contributed by atoms with Crippen LogP contribution < -0.4 is 0 Å². The largest absolute Gasteiger partial charge is 0.318 e. The average molecular weight is 725 g/mol. The Morgan fingerprint density at radius 3 is 1.56 bits per heavy atom. The molecule has 0 amide bonds. The summed E-state index contributed by atoms with van der Waals surface area (Å²) < 4.78 is 6.76. The van der Waals surface area contributed by atoms with Crippen LogP contribution in [0.15, 0.2) is 170 Å². The lowest BCUT2D eigenvalue weighted by Gasteiger charge is -2.21. The molecule has 3 heterocycles. The number of para-hydroxylation sites is 7. The minimum atomic E-state index is 0.478. The van der Waals surface area contributed by atoms with E-state index in [1.165, 1.54) is 10.8 Å². The molecule has 0 aliphatic rings. The molecule has 0 N–H and O–H groups in total. The normalized spacial score (nSPS) is 11.5. The van der Waals surface area contributed by atoms with Gasteiger partial charge in [-0.05, 0) is 59.5 Å². The predicted molar refractivity (Wildman–Crippen MR) is 232 cm³/mol. The van der Waals surface area contributed by atoms with Crippen LogP contribution in [0.1, 0.15) is 5.56 Å². The molecule has 0 aliphatic heterocycles. The van der Waals surface area contributed by atoms with Crippen LogP contribution in [0.5, 0.6) is 0 Å². The minimum absolute atomic E-state index is 0.478. The molecule has 262 valence electrons. The first-order valence-corrected chi connectivity index (χ1v) is 18.7. The van der Waals surface area contributed by atoms with Gasteiger partial charge >= 0.3 is 0 Å². The van der Waals surface area contributed by atoms with Crippen LogP contribution in [-0.2, 0) is 0 Å². The monoisotopic (exact) mass is 724 g/mol. The van der Waals surface area contributed by atoms with Crippen molar-refractivity contribution in [2.24, 2.45) is 0 Å². The van der Waals surface area contributed by atoms with Crippen molar-refractivity contribution in [2.75, 3.05) is 0 Å². The van der Waals surface area contributed by atoms with Gasteiger partial charge in [0.25, 0.3) is 0 Å². The fraction of sp³-hybridized carbons (Fsp3) is 0. The van der Waals surface area contributed by atoms with Gasteiger partial charge in [-0.3, -0.25) is 0 Å². The molecule has 0 atom stereocenters. The maximum absolute atomic E-state index is 11.0. The Labute approximate surface area is 327 Å². The molecule has 0 unspecified atom stereocenters. The molecule has 0 spiro atoms. The van der Waals surface area contributed by atoms with Crippen molar-refractivity contribution in [2.45, 2.75) is 0 Å². The first-order valence-electron chi connectivity index (χ1n) is 18.7. The molecule has 0 aliphatic carbocycles. The SMILES string of the molecule is [C-]#[N+]c1ccc2c(c1)c1ccccc1n2-c1c([N+]#[C-])cccc1-c1cccc(C#N)c1-n1c2ccccc2c2cccc(-n3c4ccccc4c4ccccc43)c21. The minimum Gasteiger partial charge on any atom is -0.318 e. The van der Waals surface area contributed by atoms with E-state index in [-0.39, 0.29) is 0 Å². The number of hydrogen-bond donors (Lipinski definition) is 0. The molecule has 11 aromatic rings. The molecular formula is C51H28N6. The van der Waals surface area contributed by atoms with E-state index in [1.807, 2.05) is 60.7 Å². The van der Waals surface area contributed by atoms with E-state index in [0.29, 0.717) is 22.6 Å². The Morgan fingerprint density at radius 1 is 0.421 bits per heavy atom. The second kappa shape index (κ2) is 12.3. The Hall–Kier alpha value is -8.37. The van der Waals surface area contributed by atoms with Crippen molar-refractivity contribution < 1.29 is 0 Å². The van der Waals surface area contributed by atoms with Gasteiger partial charge in [0.1, 0.15) is 6.07 Å². The van der Waals surface area contributed by atoms with Crippen LogP contribution in [0.2, 0.25) is 0 Å². The molecule has 57 heavy (non-hydrogen) atoms. The zero-order valence-corrected chi connectivity index (χ0v) is 30.3. The Balaban J connectivity index is 1.30. The molecule has 0 radical (unpaired) electrons. The van der Waals surface area contributed by atoms with Crippen LogP contribution in [0, 0.1) is 24.5 Å². The van der Waals surface area contributed by atoms with E-state index >= 15 is 0 Å². The van der Waals surface area contributed by atoms with Crippen LogP contribution in [0.3, 0.4) is 0 Å². The lowest BCUT2D eigenvalue weighted by molar-refractivity contribution is 1.12. The number of aromatic nitrogens is 3. The lowest BCUT2D eigenvalue weighted by Crippen LogP contribution is -2.05. The van der Waals surface area contributed by atoms with Crippen molar-refractivity contribution in [1.82, 2.24) is 13.7 Å². The van der Waals surface area contributed by atoms with Crippen LogP contribution in [0.4, 0.5) is 11.4 Å². The van der Waals surface area contributed by atoms with Crippen molar-refractivity contribution >= 4 is 76.8 Å². The number of benzene rings is 8. The number of rotatable bonds is 4. The zero-order chi connectivity index (χ0) is 38.2. The van der Waals surface area contributed by atoms with Gasteiger partial charge in [-0.15, -0.1) is 0 Å². The van der Waals surface area contributed by atoms with Gasteiger partial charge in [-0.2, -0.15) is 5.26 Å². The van der Waals surface area contributed by atoms with E-state index in [4.69, 9.17) is 13.1 Å². The van der Waals surface area contributed by atoms with Gasteiger partial charge in [0.2, 0.25) is 5.69 Å². The third kappa shape index (κ3) is 4.49. The summed E-state index contributed by atoms with van der Waals surface area (Å²) in [6.07, 6.45) is 0. The van der Waals surface area contributed by atoms with E-state index in [1.54, 1.807) is 0 Å². The molecule has 0 bridgehead atoms. The van der Waals surface area contributed by atoms with E-state index in [0.717, 1.165) is 77.1 Å². The first kappa shape index (κ1) is 32.1. The topological polar surface area (TPSA) is 47.3 Å².